The number of nitrogens with zero attached hydrogens (tertiary/aromatic N) is 1. The summed E-state index contributed by atoms with van der Waals surface area (Å²) in [7, 11) is 0. The van der Waals surface area contributed by atoms with Gasteiger partial charge in [-0.2, -0.15) is 0 Å². The fourth-order valence-electron chi connectivity index (χ4n) is 3.71. The summed E-state index contributed by atoms with van der Waals surface area (Å²) in [6, 6.07) is 10.9. The number of carbonyl (C=O) groups excluding carboxylic acids is 1. The van der Waals surface area contributed by atoms with Crippen LogP contribution >= 0.6 is 11.3 Å². The van der Waals surface area contributed by atoms with Gasteiger partial charge < -0.3 is 10.1 Å². The molecule has 2 aromatic rings. The largest absolute Gasteiger partial charge is 0.379 e. The Morgan fingerprint density at radius 3 is 2.85 bits per heavy atom. The first-order chi connectivity index (χ1) is 12.7. The normalized spacial score (nSPS) is 19.3. The highest BCUT2D eigenvalue weighted by atomic mass is 32.1. The van der Waals surface area contributed by atoms with Gasteiger partial charge in [0.15, 0.2) is 0 Å². The van der Waals surface area contributed by atoms with E-state index in [1.807, 2.05) is 5.38 Å². The number of carbonyl (C=O) groups is 1. The zero-order chi connectivity index (χ0) is 17.9. The summed E-state index contributed by atoms with van der Waals surface area (Å²) in [4.78, 5) is 16.1. The standard InChI is InChI=1S/C21H26N2O2S/c1-15-3-2-4-17(13-15)19(23-8-10-25-11-9-23)14-22-21(24)20-18(7-12-26-20)16-5-6-16/h2-4,7,12-13,16,19H,5-6,8-11,14H2,1H3,(H,22,24). The van der Waals surface area contributed by atoms with E-state index in [4.69, 9.17) is 4.74 Å². The van der Waals surface area contributed by atoms with Gasteiger partial charge in [-0.25, -0.2) is 0 Å². The number of nitrogens with one attached hydrogen (secondary N) is 1. The molecule has 2 heterocycles. The van der Waals surface area contributed by atoms with E-state index in [1.165, 1.54) is 29.5 Å². The molecule has 0 bridgehead atoms. The molecule has 1 aromatic carbocycles. The number of aryl methyl sites for hydroxylation is 1. The Labute approximate surface area is 159 Å². The van der Waals surface area contributed by atoms with Crippen molar-refractivity contribution in [3.8, 4) is 0 Å². The predicted octanol–water partition coefficient (Wildman–Crippen LogP) is 3.74. The maximum Gasteiger partial charge on any atom is 0.261 e. The average molecular weight is 371 g/mol. The van der Waals surface area contributed by atoms with Gasteiger partial charge in [0.2, 0.25) is 0 Å². The van der Waals surface area contributed by atoms with Crippen LogP contribution in [0.15, 0.2) is 35.7 Å². The van der Waals surface area contributed by atoms with Crippen LogP contribution < -0.4 is 5.32 Å². The molecule has 4 nitrogen and oxygen atoms in total. The third-order valence-corrected chi connectivity index (χ3v) is 6.22. The van der Waals surface area contributed by atoms with Crippen LogP contribution in [0.25, 0.3) is 0 Å². The van der Waals surface area contributed by atoms with Crippen molar-refractivity contribution in [3.05, 3.63) is 57.3 Å². The first kappa shape index (κ1) is 17.7. The molecule has 2 aliphatic rings. The van der Waals surface area contributed by atoms with Crippen molar-refractivity contribution in [1.29, 1.82) is 0 Å². The van der Waals surface area contributed by atoms with Crippen LogP contribution in [-0.4, -0.2) is 43.7 Å². The van der Waals surface area contributed by atoms with E-state index in [9.17, 15) is 4.79 Å². The summed E-state index contributed by atoms with van der Waals surface area (Å²) < 4.78 is 5.52. The van der Waals surface area contributed by atoms with Crippen LogP contribution in [0.2, 0.25) is 0 Å². The molecule has 1 aliphatic heterocycles. The highest BCUT2D eigenvalue weighted by Gasteiger charge is 2.29. The molecule has 1 atom stereocenters. The SMILES string of the molecule is Cc1cccc(C(CNC(=O)c2sccc2C2CC2)N2CCOCC2)c1. The first-order valence-corrected chi connectivity index (χ1v) is 10.3. The topological polar surface area (TPSA) is 41.6 Å². The monoisotopic (exact) mass is 370 g/mol. The summed E-state index contributed by atoms with van der Waals surface area (Å²) in [5.74, 6) is 0.682. The lowest BCUT2D eigenvalue weighted by Gasteiger charge is -2.35. The number of benzene rings is 1. The zero-order valence-electron chi connectivity index (χ0n) is 15.2. The third-order valence-electron chi connectivity index (χ3n) is 5.29. The van der Waals surface area contributed by atoms with E-state index < -0.39 is 0 Å². The Morgan fingerprint density at radius 1 is 1.31 bits per heavy atom. The maximum atomic E-state index is 12.8. The number of amides is 1. The van der Waals surface area contributed by atoms with E-state index in [1.54, 1.807) is 11.3 Å². The molecule has 138 valence electrons. The number of hydrogen-bond acceptors (Lipinski definition) is 4. The van der Waals surface area contributed by atoms with Crippen LogP contribution in [-0.2, 0) is 4.74 Å². The Bertz CT molecular complexity index is 763. The lowest BCUT2D eigenvalue weighted by molar-refractivity contribution is 0.0162. The molecule has 4 rings (SSSR count). The van der Waals surface area contributed by atoms with Gasteiger partial charge in [0.05, 0.1) is 24.1 Å². The van der Waals surface area contributed by atoms with Gasteiger partial charge >= 0.3 is 0 Å². The van der Waals surface area contributed by atoms with Crippen molar-refractivity contribution >= 4 is 17.2 Å². The Kier molecular flexibility index (Phi) is 5.38. The number of hydrogen-bond donors (Lipinski definition) is 1. The summed E-state index contributed by atoms with van der Waals surface area (Å²) in [5, 5.41) is 5.26. The van der Waals surface area contributed by atoms with Crippen molar-refractivity contribution in [2.24, 2.45) is 0 Å². The second-order valence-electron chi connectivity index (χ2n) is 7.27. The zero-order valence-corrected chi connectivity index (χ0v) is 16.1. The van der Waals surface area contributed by atoms with Gasteiger partial charge in [-0.3, -0.25) is 9.69 Å². The van der Waals surface area contributed by atoms with Crippen LogP contribution in [0.1, 0.15) is 51.2 Å². The summed E-state index contributed by atoms with van der Waals surface area (Å²) in [5.41, 5.74) is 3.76. The number of thiophene rings is 1. The molecule has 1 aromatic heterocycles. The Hall–Kier alpha value is -1.69. The molecule has 0 radical (unpaired) electrons. The highest BCUT2D eigenvalue weighted by molar-refractivity contribution is 7.12. The molecule has 1 unspecified atom stereocenters. The first-order valence-electron chi connectivity index (χ1n) is 9.46. The summed E-state index contributed by atoms with van der Waals surface area (Å²) in [6.07, 6.45) is 2.44. The lowest BCUT2D eigenvalue weighted by atomic mass is 10.0. The average Bonchev–Trinajstić information content (AvgIpc) is 3.39. The minimum atomic E-state index is 0.0767. The van der Waals surface area contributed by atoms with E-state index in [-0.39, 0.29) is 11.9 Å². The van der Waals surface area contributed by atoms with Gasteiger partial charge in [-0.15, -0.1) is 11.3 Å². The molecule has 26 heavy (non-hydrogen) atoms. The predicted molar refractivity (Wildman–Crippen MR) is 105 cm³/mol. The van der Waals surface area contributed by atoms with Crippen molar-refractivity contribution in [2.45, 2.75) is 31.7 Å². The molecule has 1 saturated carbocycles. The molecule has 2 fully saturated rings. The van der Waals surface area contributed by atoms with Crippen molar-refractivity contribution in [3.63, 3.8) is 0 Å². The lowest BCUT2D eigenvalue weighted by Crippen LogP contribution is -2.43. The fraction of sp³-hybridized carbons (Fsp3) is 0.476. The summed E-state index contributed by atoms with van der Waals surface area (Å²) >= 11 is 1.57. The summed E-state index contributed by atoms with van der Waals surface area (Å²) in [6.45, 7) is 6.07. The van der Waals surface area contributed by atoms with Gasteiger partial charge in [0, 0.05) is 19.6 Å². The van der Waals surface area contributed by atoms with Crippen molar-refractivity contribution in [2.75, 3.05) is 32.8 Å². The van der Waals surface area contributed by atoms with Gasteiger partial charge in [0.1, 0.15) is 0 Å². The van der Waals surface area contributed by atoms with Crippen molar-refractivity contribution in [1.82, 2.24) is 10.2 Å². The molecule has 0 spiro atoms. The van der Waals surface area contributed by atoms with Crippen LogP contribution in [0.3, 0.4) is 0 Å². The van der Waals surface area contributed by atoms with E-state index in [2.05, 4.69) is 47.5 Å². The van der Waals surface area contributed by atoms with Gasteiger partial charge in [-0.05, 0) is 48.3 Å². The number of rotatable bonds is 6. The minimum absolute atomic E-state index is 0.0767. The molecule has 1 N–H and O–H groups in total. The molecule has 1 aliphatic carbocycles. The molecule has 1 saturated heterocycles. The highest BCUT2D eigenvalue weighted by Crippen LogP contribution is 2.43. The second-order valence-corrected chi connectivity index (χ2v) is 8.18. The fourth-order valence-corrected chi connectivity index (χ4v) is 4.61. The van der Waals surface area contributed by atoms with Crippen LogP contribution in [0.4, 0.5) is 0 Å². The Morgan fingerprint density at radius 2 is 2.12 bits per heavy atom. The number of ether oxygens (including phenoxy) is 1. The number of morpholine rings is 1. The minimum Gasteiger partial charge on any atom is -0.379 e. The molecule has 1 amide bonds. The molecular formula is C21H26N2O2S. The van der Waals surface area contributed by atoms with E-state index in [0.717, 1.165) is 31.2 Å². The van der Waals surface area contributed by atoms with Crippen molar-refractivity contribution < 1.29 is 9.53 Å². The molecule has 5 heteroatoms. The van der Waals surface area contributed by atoms with Crippen LogP contribution in [0.5, 0.6) is 0 Å². The van der Waals surface area contributed by atoms with Gasteiger partial charge in [-0.1, -0.05) is 29.8 Å². The van der Waals surface area contributed by atoms with E-state index in [0.29, 0.717) is 12.5 Å². The smallest absolute Gasteiger partial charge is 0.261 e. The molecular weight excluding hydrogens is 344 g/mol. The van der Waals surface area contributed by atoms with Gasteiger partial charge in [0.25, 0.3) is 5.91 Å². The van der Waals surface area contributed by atoms with E-state index >= 15 is 0 Å². The second kappa shape index (κ2) is 7.91. The third kappa shape index (κ3) is 4.00. The maximum absolute atomic E-state index is 12.8. The Balaban J connectivity index is 1.49. The van der Waals surface area contributed by atoms with Crippen LogP contribution in [0, 0.1) is 6.92 Å². The quantitative estimate of drug-likeness (QED) is 0.842.